The fraction of sp³-hybridized carbons (Fsp3) is 0.769. The average molecular weight is 279 g/mol. The van der Waals surface area contributed by atoms with Crippen molar-refractivity contribution in [3.63, 3.8) is 0 Å². The minimum absolute atomic E-state index is 0.264. The number of hydrogen-bond acceptors (Lipinski definition) is 7. The topological polar surface area (TPSA) is 83.2 Å². The van der Waals surface area contributed by atoms with E-state index in [9.17, 15) is 0 Å². The first-order chi connectivity index (χ1) is 9.63. The van der Waals surface area contributed by atoms with Gasteiger partial charge < -0.3 is 20.9 Å². The second-order valence-corrected chi connectivity index (χ2v) is 5.13. The van der Waals surface area contributed by atoms with Crippen molar-refractivity contribution in [2.45, 2.75) is 32.7 Å². The van der Waals surface area contributed by atoms with Crippen molar-refractivity contribution in [3.05, 3.63) is 0 Å². The Morgan fingerprint density at radius 2 is 1.90 bits per heavy atom. The molecule has 3 N–H and O–H groups in total. The van der Waals surface area contributed by atoms with Crippen molar-refractivity contribution in [1.29, 1.82) is 0 Å². The molecule has 1 saturated carbocycles. The number of nitrogens with two attached hydrogens (primary N) is 1. The number of likely N-dealkylation sites (N-methyl/N-ethyl adjacent to an activating group) is 1. The molecule has 1 fully saturated rings. The summed E-state index contributed by atoms with van der Waals surface area (Å²) in [4.78, 5) is 17.2. The Kier molecular flexibility index (Phi) is 4.94. The number of nitrogens with zero attached hydrogens (tertiary/aromatic N) is 5. The predicted octanol–water partition coefficient (Wildman–Crippen LogP) is 0.806. The average Bonchev–Trinajstić information content (AvgIpc) is 3.24. The molecule has 20 heavy (non-hydrogen) atoms. The standard InChI is InChI=1S/C13H25N7/c1-4-20(5-2)13-17-11(14)16-12(18-13)15-8-9-19(3)10-6-7-10/h10H,4-9H2,1-3H3,(H3,14,15,16,17,18). The van der Waals surface area contributed by atoms with Gasteiger partial charge >= 0.3 is 0 Å². The van der Waals surface area contributed by atoms with Crippen LogP contribution in [-0.2, 0) is 0 Å². The molecule has 7 nitrogen and oxygen atoms in total. The van der Waals surface area contributed by atoms with Gasteiger partial charge in [-0.2, -0.15) is 15.0 Å². The molecular formula is C13H25N7. The molecule has 1 aliphatic carbocycles. The molecular weight excluding hydrogens is 254 g/mol. The minimum atomic E-state index is 0.264. The van der Waals surface area contributed by atoms with Gasteiger partial charge in [0.2, 0.25) is 17.8 Å². The van der Waals surface area contributed by atoms with Crippen LogP contribution in [-0.4, -0.2) is 59.1 Å². The summed E-state index contributed by atoms with van der Waals surface area (Å²) in [6.45, 7) is 7.64. The molecule has 0 radical (unpaired) electrons. The highest BCUT2D eigenvalue weighted by atomic mass is 15.3. The maximum Gasteiger partial charge on any atom is 0.231 e. The highest BCUT2D eigenvalue weighted by molar-refractivity contribution is 5.41. The molecule has 0 atom stereocenters. The van der Waals surface area contributed by atoms with Crippen molar-refractivity contribution >= 4 is 17.8 Å². The van der Waals surface area contributed by atoms with E-state index in [4.69, 9.17) is 5.73 Å². The van der Waals surface area contributed by atoms with Gasteiger partial charge in [-0.05, 0) is 33.7 Å². The molecule has 7 heteroatoms. The summed E-state index contributed by atoms with van der Waals surface area (Å²) in [7, 11) is 2.16. The Labute approximate surface area is 120 Å². The van der Waals surface area contributed by atoms with Crippen LogP contribution in [0.3, 0.4) is 0 Å². The van der Waals surface area contributed by atoms with E-state index in [1.807, 2.05) is 0 Å². The van der Waals surface area contributed by atoms with Gasteiger partial charge in [0.25, 0.3) is 0 Å². The Balaban J connectivity index is 1.92. The third kappa shape index (κ3) is 3.93. The minimum Gasteiger partial charge on any atom is -0.368 e. The largest absolute Gasteiger partial charge is 0.368 e. The lowest BCUT2D eigenvalue weighted by atomic mass is 10.5. The van der Waals surface area contributed by atoms with Gasteiger partial charge in [0.1, 0.15) is 0 Å². The van der Waals surface area contributed by atoms with Gasteiger partial charge in [-0.25, -0.2) is 0 Å². The molecule has 0 saturated heterocycles. The number of aromatic nitrogens is 3. The maximum atomic E-state index is 5.76. The molecule has 1 aromatic heterocycles. The van der Waals surface area contributed by atoms with Crippen LogP contribution in [0.4, 0.5) is 17.8 Å². The third-order valence-corrected chi connectivity index (χ3v) is 3.61. The molecule has 0 spiro atoms. The highest BCUT2D eigenvalue weighted by Gasteiger charge is 2.25. The first-order valence-corrected chi connectivity index (χ1v) is 7.34. The van der Waals surface area contributed by atoms with Crippen molar-refractivity contribution in [1.82, 2.24) is 19.9 Å². The lowest BCUT2D eigenvalue weighted by molar-refractivity contribution is 0.337. The number of anilines is 3. The Morgan fingerprint density at radius 1 is 1.20 bits per heavy atom. The van der Waals surface area contributed by atoms with E-state index in [1.165, 1.54) is 12.8 Å². The van der Waals surface area contributed by atoms with Gasteiger partial charge in [0.15, 0.2) is 0 Å². The van der Waals surface area contributed by atoms with Crippen molar-refractivity contribution in [3.8, 4) is 0 Å². The number of hydrogen-bond donors (Lipinski definition) is 2. The fourth-order valence-electron chi connectivity index (χ4n) is 2.15. The molecule has 0 aromatic carbocycles. The zero-order chi connectivity index (χ0) is 14.5. The van der Waals surface area contributed by atoms with E-state index < -0.39 is 0 Å². The predicted molar refractivity (Wildman–Crippen MR) is 81.9 cm³/mol. The SMILES string of the molecule is CCN(CC)c1nc(N)nc(NCCN(C)C2CC2)n1. The van der Waals surface area contributed by atoms with Crippen LogP contribution in [0.15, 0.2) is 0 Å². The monoisotopic (exact) mass is 279 g/mol. The molecule has 1 aromatic rings. The van der Waals surface area contributed by atoms with E-state index >= 15 is 0 Å². The van der Waals surface area contributed by atoms with Crippen molar-refractivity contribution in [2.24, 2.45) is 0 Å². The Morgan fingerprint density at radius 3 is 2.50 bits per heavy atom. The number of rotatable bonds is 8. The van der Waals surface area contributed by atoms with E-state index in [2.05, 4.69) is 51.0 Å². The lowest BCUT2D eigenvalue weighted by Crippen LogP contribution is -2.28. The summed E-state index contributed by atoms with van der Waals surface area (Å²) < 4.78 is 0. The second kappa shape index (κ2) is 6.69. The van der Waals surface area contributed by atoms with Crippen molar-refractivity contribution < 1.29 is 0 Å². The quantitative estimate of drug-likeness (QED) is 0.728. The first-order valence-electron chi connectivity index (χ1n) is 7.34. The van der Waals surface area contributed by atoms with Crippen molar-refractivity contribution in [2.75, 3.05) is 49.2 Å². The summed E-state index contributed by atoms with van der Waals surface area (Å²) in [5, 5.41) is 3.23. The first kappa shape index (κ1) is 14.8. The van der Waals surface area contributed by atoms with Crippen LogP contribution in [0.25, 0.3) is 0 Å². The van der Waals surface area contributed by atoms with Crippen LogP contribution in [0.5, 0.6) is 0 Å². The zero-order valence-electron chi connectivity index (χ0n) is 12.6. The molecule has 0 bridgehead atoms. The molecule has 2 rings (SSSR count). The maximum absolute atomic E-state index is 5.76. The van der Waals surface area contributed by atoms with Crippen LogP contribution in [0.1, 0.15) is 26.7 Å². The molecule has 0 aliphatic heterocycles. The summed E-state index contributed by atoms with van der Waals surface area (Å²) >= 11 is 0. The zero-order valence-corrected chi connectivity index (χ0v) is 12.6. The summed E-state index contributed by atoms with van der Waals surface area (Å²) in [6.07, 6.45) is 2.64. The molecule has 112 valence electrons. The normalized spacial score (nSPS) is 14.6. The van der Waals surface area contributed by atoms with Crippen LogP contribution in [0.2, 0.25) is 0 Å². The number of nitrogen functional groups attached to an aromatic ring is 1. The second-order valence-electron chi connectivity index (χ2n) is 5.13. The van der Waals surface area contributed by atoms with E-state index in [0.717, 1.165) is 32.2 Å². The summed E-state index contributed by atoms with van der Waals surface area (Å²) in [5.74, 6) is 1.46. The Hall–Kier alpha value is -1.63. The van der Waals surface area contributed by atoms with Gasteiger partial charge in [0, 0.05) is 32.2 Å². The van der Waals surface area contributed by atoms with Crippen LogP contribution in [0, 0.1) is 0 Å². The third-order valence-electron chi connectivity index (χ3n) is 3.61. The fourth-order valence-corrected chi connectivity index (χ4v) is 2.15. The van der Waals surface area contributed by atoms with E-state index in [0.29, 0.717) is 11.9 Å². The van der Waals surface area contributed by atoms with E-state index in [1.54, 1.807) is 0 Å². The van der Waals surface area contributed by atoms with Crippen LogP contribution < -0.4 is 16.0 Å². The van der Waals surface area contributed by atoms with Gasteiger partial charge in [-0.3, -0.25) is 0 Å². The Bertz CT molecular complexity index is 429. The molecule has 1 aliphatic rings. The van der Waals surface area contributed by atoms with Crippen LogP contribution >= 0.6 is 0 Å². The molecule has 0 unspecified atom stereocenters. The van der Waals surface area contributed by atoms with Gasteiger partial charge in [0.05, 0.1) is 0 Å². The highest BCUT2D eigenvalue weighted by Crippen LogP contribution is 2.24. The molecule has 1 heterocycles. The number of nitrogens with one attached hydrogen (secondary N) is 1. The van der Waals surface area contributed by atoms with E-state index in [-0.39, 0.29) is 5.95 Å². The lowest BCUT2D eigenvalue weighted by Gasteiger charge is -2.19. The summed E-state index contributed by atoms with van der Waals surface area (Å²) in [6, 6.07) is 0.770. The van der Waals surface area contributed by atoms with Gasteiger partial charge in [-0.1, -0.05) is 0 Å². The molecule has 0 amide bonds. The summed E-state index contributed by atoms with van der Waals surface area (Å²) in [5.41, 5.74) is 5.76. The smallest absolute Gasteiger partial charge is 0.231 e. The van der Waals surface area contributed by atoms with Gasteiger partial charge in [-0.15, -0.1) is 0 Å².